The Balaban J connectivity index is 1.99. The van der Waals surface area contributed by atoms with E-state index in [0.717, 1.165) is 4.96 Å². The second kappa shape index (κ2) is 3.68. The number of imidazole rings is 1. The van der Waals surface area contributed by atoms with Crippen molar-refractivity contribution in [3.05, 3.63) is 60.2 Å². The molecule has 0 unspecified atom stereocenters. The average Bonchev–Trinajstić information content (AvgIpc) is 3.00. The van der Waals surface area contributed by atoms with Crippen molar-refractivity contribution in [2.75, 3.05) is 0 Å². The molecule has 2 heterocycles. The number of fused-ring (bicyclic) bond motifs is 2. The lowest BCUT2D eigenvalue weighted by Gasteiger charge is -2.02. The summed E-state index contributed by atoms with van der Waals surface area (Å²) in [7, 11) is 0. The quantitative estimate of drug-likeness (QED) is 0.494. The van der Waals surface area contributed by atoms with Gasteiger partial charge in [-0.25, -0.2) is 4.98 Å². The van der Waals surface area contributed by atoms with Gasteiger partial charge < -0.3 is 0 Å². The fourth-order valence-corrected chi connectivity index (χ4v) is 3.14. The van der Waals surface area contributed by atoms with E-state index in [0.29, 0.717) is 0 Å². The first-order valence-corrected chi connectivity index (χ1v) is 6.69. The lowest BCUT2D eigenvalue weighted by molar-refractivity contribution is 1.24. The first-order valence-electron chi connectivity index (χ1n) is 5.81. The first-order chi connectivity index (χ1) is 8.92. The van der Waals surface area contributed by atoms with Crippen LogP contribution in [0.3, 0.4) is 0 Å². The van der Waals surface area contributed by atoms with Crippen LogP contribution in [0, 0.1) is 0 Å². The maximum atomic E-state index is 4.31. The van der Waals surface area contributed by atoms with Crippen molar-refractivity contribution >= 4 is 27.1 Å². The van der Waals surface area contributed by atoms with E-state index >= 15 is 0 Å². The molecule has 3 heteroatoms. The van der Waals surface area contributed by atoms with E-state index in [1.54, 1.807) is 11.3 Å². The summed E-state index contributed by atoms with van der Waals surface area (Å²) in [5.41, 5.74) is 2.44. The van der Waals surface area contributed by atoms with Crippen LogP contribution in [0.1, 0.15) is 0 Å². The van der Waals surface area contributed by atoms with Gasteiger partial charge in [-0.15, -0.1) is 11.3 Å². The topological polar surface area (TPSA) is 17.3 Å². The number of aromatic nitrogens is 2. The smallest absolute Gasteiger partial charge is 0.194 e. The molecule has 0 bridgehead atoms. The van der Waals surface area contributed by atoms with Crippen LogP contribution in [0.2, 0.25) is 0 Å². The summed E-state index contributed by atoms with van der Waals surface area (Å²) in [4.78, 5) is 5.35. The second-order valence-corrected chi connectivity index (χ2v) is 5.10. The highest BCUT2D eigenvalue weighted by Gasteiger charge is 2.06. The van der Waals surface area contributed by atoms with Crippen LogP contribution in [0.5, 0.6) is 0 Å². The van der Waals surface area contributed by atoms with E-state index in [9.17, 15) is 0 Å². The van der Waals surface area contributed by atoms with E-state index < -0.39 is 0 Å². The molecule has 18 heavy (non-hydrogen) atoms. The van der Waals surface area contributed by atoms with Gasteiger partial charge in [0.05, 0.1) is 5.69 Å². The molecule has 2 nitrogen and oxygen atoms in total. The van der Waals surface area contributed by atoms with Gasteiger partial charge in [-0.2, -0.15) is 0 Å². The largest absolute Gasteiger partial charge is 0.290 e. The third-order valence-electron chi connectivity index (χ3n) is 3.19. The van der Waals surface area contributed by atoms with Crippen LogP contribution < -0.4 is 0 Å². The van der Waals surface area contributed by atoms with Crippen LogP contribution in [0.25, 0.3) is 27.0 Å². The molecule has 0 N–H and O–H groups in total. The van der Waals surface area contributed by atoms with Crippen LogP contribution >= 0.6 is 11.3 Å². The van der Waals surface area contributed by atoms with E-state index in [1.807, 2.05) is 12.4 Å². The monoisotopic (exact) mass is 250 g/mol. The zero-order valence-corrected chi connectivity index (χ0v) is 10.4. The molecule has 4 rings (SSSR count). The first kappa shape index (κ1) is 9.85. The highest BCUT2D eigenvalue weighted by molar-refractivity contribution is 7.15. The van der Waals surface area contributed by atoms with Gasteiger partial charge in [-0.3, -0.25) is 4.40 Å². The summed E-state index contributed by atoms with van der Waals surface area (Å²) in [5.74, 6) is 0. The van der Waals surface area contributed by atoms with Crippen molar-refractivity contribution in [1.82, 2.24) is 9.38 Å². The highest BCUT2D eigenvalue weighted by atomic mass is 32.1. The Bertz CT molecular complexity index is 842. The normalized spacial score (nSPS) is 11.3. The summed E-state index contributed by atoms with van der Waals surface area (Å²) in [5, 5.41) is 4.71. The van der Waals surface area contributed by atoms with Crippen molar-refractivity contribution in [2.45, 2.75) is 0 Å². The molecule has 86 valence electrons. The Morgan fingerprint density at radius 1 is 1.00 bits per heavy atom. The molecule has 0 saturated carbocycles. The molecular formula is C15H10N2S. The number of nitrogens with zero attached hydrogens (tertiary/aromatic N) is 2. The Kier molecular flexibility index (Phi) is 2.02. The van der Waals surface area contributed by atoms with Crippen molar-refractivity contribution in [1.29, 1.82) is 0 Å². The molecule has 0 aliphatic heterocycles. The van der Waals surface area contributed by atoms with Crippen molar-refractivity contribution in [3.63, 3.8) is 0 Å². The van der Waals surface area contributed by atoms with Gasteiger partial charge in [0.2, 0.25) is 0 Å². The molecule has 0 aliphatic carbocycles. The number of thiazole rings is 1. The third kappa shape index (κ3) is 1.38. The summed E-state index contributed by atoms with van der Waals surface area (Å²) in [6.07, 6.45) is 3.85. The number of hydrogen-bond acceptors (Lipinski definition) is 2. The Morgan fingerprint density at radius 2 is 1.89 bits per heavy atom. The van der Waals surface area contributed by atoms with E-state index in [4.69, 9.17) is 0 Å². The van der Waals surface area contributed by atoms with Gasteiger partial charge in [0, 0.05) is 23.3 Å². The van der Waals surface area contributed by atoms with Gasteiger partial charge in [0.15, 0.2) is 4.96 Å². The molecule has 2 aromatic heterocycles. The minimum absolute atomic E-state index is 1.04. The Morgan fingerprint density at radius 3 is 2.83 bits per heavy atom. The molecule has 4 aromatic rings. The van der Waals surface area contributed by atoms with Crippen LogP contribution in [-0.4, -0.2) is 9.38 Å². The van der Waals surface area contributed by atoms with Crippen molar-refractivity contribution in [3.8, 4) is 11.3 Å². The van der Waals surface area contributed by atoms with Crippen molar-refractivity contribution in [2.24, 2.45) is 0 Å². The number of hydrogen-bond donors (Lipinski definition) is 0. The van der Waals surface area contributed by atoms with Crippen LogP contribution in [-0.2, 0) is 0 Å². The lowest BCUT2D eigenvalue weighted by atomic mass is 10.1. The highest BCUT2D eigenvalue weighted by Crippen LogP contribution is 2.28. The molecule has 0 saturated heterocycles. The molecule has 0 fully saturated rings. The maximum absolute atomic E-state index is 4.31. The predicted molar refractivity (Wildman–Crippen MR) is 76.0 cm³/mol. The summed E-state index contributed by atoms with van der Waals surface area (Å²) in [6, 6.07) is 15.0. The lowest BCUT2D eigenvalue weighted by Crippen LogP contribution is -1.83. The Hall–Kier alpha value is -2.13. The van der Waals surface area contributed by atoms with Gasteiger partial charge in [-0.05, 0) is 16.8 Å². The van der Waals surface area contributed by atoms with Gasteiger partial charge in [-0.1, -0.05) is 36.4 Å². The zero-order valence-electron chi connectivity index (χ0n) is 9.58. The average molecular weight is 250 g/mol. The minimum atomic E-state index is 1.04. The van der Waals surface area contributed by atoms with E-state index in [2.05, 4.69) is 57.2 Å². The molecule has 0 radical (unpaired) electrons. The molecule has 0 spiro atoms. The maximum Gasteiger partial charge on any atom is 0.194 e. The van der Waals surface area contributed by atoms with Gasteiger partial charge in [0.25, 0.3) is 0 Å². The predicted octanol–water partition coefficient (Wildman–Crippen LogP) is 4.22. The minimum Gasteiger partial charge on any atom is -0.290 e. The van der Waals surface area contributed by atoms with Gasteiger partial charge >= 0.3 is 0 Å². The summed E-state index contributed by atoms with van der Waals surface area (Å²) >= 11 is 1.67. The van der Waals surface area contributed by atoms with E-state index in [1.165, 1.54) is 22.0 Å². The van der Waals surface area contributed by atoms with E-state index in [-0.39, 0.29) is 0 Å². The summed E-state index contributed by atoms with van der Waals surface area (Å²) in [6.45, 7) is 0. The van der Waals surface area contributed by atoms with Crippen LogP contribution in [0.4, 0.5) is 0 Å². The van der Waals surface area contributed by atoms with Gasteiger partial charge in [0.1, 0.15) is 0 Å². The fraction of sp³-hybridized carbons (Fsp3) is 0. The molecular weight excluding hydrogens is 240 g/mol. The number of rotatable bonds is 1. The second-order valence-electron chi connectivity index (χ2n) is 4.26. The molecule has 0 amide bonds. The standard InChI is InChI=1S/C15H10N2S/c1-2-4-12-9-13(6-5-11(12)3-1)14-10-18-15-16-7-8-17(14)15/h1-10H. The SMILES string of the molecule is c1ccc2cc(-c3csc4nccn34)ccc2c1. The van der Waals surface area contributed by atoms with Crippen LogP contribution in [0.15, 0.2) is 60.2 Å². The number of benzene rings is 2. The zero-order chi connectivity index (χ0) is 11.9. The van der Waals surface area contributed by atoms with Crippen molar-refractivity contribution < 1.29 is 0 Å². The summed E-state index contributed by atoms with van der Waals surface area (Å²) < 4.78 is 2.13. The fourth-order valence-electron chi connectivity index (χ4n) is 2.28. The molecule has 2 aromatic carbocycles. The molecule has 0 atom stereocenters. The molecule has 0 aliphatic rings. The third-order valence-corrected chi connectivity index (χ3v) is 4.04. The Labute approximate surface area is 108 Å².